The molecule has 1 rings (SSSR count). The molecule has 0 aromatic carbocycles. The fraction of sp³-hybridized carbons (Fsp3) is 0.786. The third kappa shape index (κ3) is 4.61. The second kappa shape index (κ2) is 7.28. The molecule has 0 aromatic rings. The number of carboxylic acids is 1. The molecular weight excluding hydrogens is 276 g/mol. The lowest BCUT2D eigenvalue weighted by Gasteiger charge is -2.22. The number of urea groups is 1. The lowest BCUT2D eigenvalue weighted by molar-refractivity contribution is -0.146. The average molecular weight is 300 g/mol. The number of carboxylic acid groups (broad SMARTS) is 1. The Morgan fingerprint density at radius 3 is 2.43 bits per heavy atom. The number of carbonyl (C=O) groups is 3. The van der Waals surface area contributed by atoms with Gasteiger partial charge in [-0.05, 0) is 18.3 Å². The van der Waals surface area contributed by atoms with E-state index in [0.717, 1.165) is 0 Å². The molecule has 1 aliphatic rings. The molecule has 1 heterocycles. The van der Waals surface area contributed by atoms with Crippen LogP contribution in [0, 0.1) is 17.8 Å². The number of aliphatic carboxylic acids is 1. The molecule has 3 atom stereocenters. The summed E-state index contributed by atoms with van der Waals surface area (Å²) in [4.78, 5) is 36.4. The van der Waals surface area contributed by atoms with Gasteiger partial charge in [0.25, 0.3) is 0 Å². The van der Waals surface area contributed by atoms with Crippen molar-refractivity contribution < 1.29 is 24.2 Å². The van der Waals surface area contributed by atoms with E-state index in [-0.39, 0.29) is 30.3 Å². The summed E-state index contributed by atoms with van der Waals surface area (Å²) in [5.74, 6) is -1.58. The third-order valence-electron chi connectivity index (χ3n) is 3.71. The van der Waals surface area contributed by atoms with Crippen LogP contribution in [0.25, 0.3) is 0 Å². The van der Waals surface area contributed by atoms with Crippen LogP contribution in [0.1, 0.15) is 27.2 Å². The van der Waals surface area contributed by atoms with E-state index in [1.54, 1.807) is 0 Å². The Morgan fingerprint density at radius 1 is 1.33 bits per heavy atom. The molecule has 2 amide bonds. The summed E-state index contributed by atoms with van der Waals surface area (Å²) in [5.41, 5.74) is 0. The van der Waals surface area contributed by atoms with Gasteiger partial charge in [0.1, 0.15) is 6.04 Å². The Kier molecular flexibility index (Phi) is 5.99. The highest BCUT2D eigenvalue weighted by Gasteiger charge is 2.38. The van der Waals surface area contributed by atoms with Gasteiger partial charge in [-0.15, -0.1) is 0 Å². The number of carbonyl (C=O) groups excluding carboxylic acids is 2. The number of nitrogens with one attached hydrogen (secondary N) is 1. The predicted octanol–water partition coefficient (Wildman–Crippen LogP) is 0.936. The van der Waals surface area contributed by atoms with Gasteiger partial charge < -0.3 is 20.1 Å². The lowest BCUT2D eigenvalue weighted by atomic mass is 9.99. The quantitative estimate of drug-likeness (QED) is 0.737. The first-order chi connectivity index (χ1) is 9.76. The van der Waals surface area contributed by atoms with Crippen molar-refractivity contribution in [3.05, 3.63) is 0 Å². The SMILES string of the molecule is COC(=O)C1CN(C(=O)N[C@@H](CC(C)C)C(=O)O)CC1C. The predicted molar refractivity (Wildman–Crippen MR) is 75.7 cm³/mol. The van der Waals surface area contributed by atoms with Gasteiger partial charge >= 0.3 is 18.0 Å². The Hall–Kier alpha value is -1.79. The van der Waals surface area contributed by atoms with E-state index in [1.165, 1.54) is 12.0 Å². The maximum Gasteiger partial charge on any atom is 0.326 e. The van der Waals surface area contributed by atoms with Crippen LogP contribution in [0.3, 0.4) is 0 Å². The van der Waals surface area contributed by atoms with Crippen molar-refractivity contribution in [1.29, 1.82) is 0 Å². The summed E-state index contributed by atoms with van der Waals surface area (Å²) >= 11 is 0. The van der Waals surface area contributed by atoms with Gasteiger partial charge in [-0.2, -0.15) is 0 Å². The molecule has 2 unspecified atom stereocenters. The Labute approximate surface area is 124 Å². The van der Waals surface area contributed by atoms with Crippen LogP contribution in [0.4, 0.5) is 4.79 Å². The smallest absolute Gasteiger partial charge is 0.326 e. The molecule has 0 aromatic heterocycles. The molecule has 0 spiro atoms. The molecule has 120 valence electrons. The molecule has 7 heteroatoms. The topological polar surface area (TPSA) is 95.9 Å². The molecule has 0 radical (unpaired) electrons. The first-order valence-corrected chi connectivity index (χ1v) is 7.12. The summed E-state index contributed by atoms with van der Waals surface area (Å²) in [5, 5.41) is 11.7. The minimum absolute atomic E-state index is 0.00317. The zero-order chi connectivity index (χ0) is 16.2. The van der Waals surface area contributed by atoms with Crippen molar-refractivity contribution >= 4 is 18.0 Å². The van der Waals surface area contributed by atoms with Crippen molar-refractivity contribution in [3.8, 4) is 0 Å². The number of nitrogens with zero attached hydrogens (tertiary/aromatic N) is 1. The lowest BCUT2D eigenvalue weighted by Crippen LogP contribution is -2.48. The molecule has 0 saturated carbocycles. The van der Waals surface area contributed by atoms with Gasteiger partial charge in [0.05, 0.1) is 13.0 Å². The number of hydrogen-bond acceptors (Lipinski definition) is 4. The fourth-order valence-electron chi connectivity index (χ4n) is 2.52. The van der Waals surface area contributed by atoms with E-state index < -0.39 is 18.0 Å². The standard InChI is InChI=1S/C14H24N2O5/c1-8(2)5-11(12(17)18)15-14(20)16-6-9(3)10(7-16)13(19)21-4/h8-11H,5-7H2,1-4H3,(H,15,20)(H,17,18)/t9?,10?,11-/m0/s1. The van der Waals surface area contributed by atoms with E-state index >= 15 is 0 Å². The number of likely N-dealkylation sites (tertiary alicyclic amines) is 1. The van der Waals surface area contributed by atoms with E-state index in [9.17, 15) is 14.4 Å². The number of rotatable bonds is 5. The number of methoxy groups -OCH3 is 1. The molecule has 0 bridgehead atoms. The minimum atomic E-state index is -1.05. The van der Waals surface area contributed by atoms with Crippen LogP contribution >= 0.6 is 0 Å². The third-order valence-corrected chi connectivity index (χ3v) is 3.71. The molecule has 0 aliphatic carbocycles. The van der Waals surface area contributed by atoms with Crippen molar-refractivity contribution in [3.63, 3.8) is 0 Å². The number of amides is 2. The molecule has 1 aliphatic heterocycles. The summed E-state index contributed by atoms with van der Waals surface area (Å²) < 4.78 is 4.71. The number of esters is 1. The molecule has 7 nitrogen and oxygen atoms in total. The second-order valence-corrected chi connectivity index (χ2v) is 5.98. The average Bonchev–Trinajstić information content (AvgIpc) is 2.78. The largest absolute Gasteiger partial charge is 0.480 e. The van der Waals surface area contributed by atoms with Gasteiger partial charge in [-0.3, -0.25) is 4.79 Å². The summed E-state index contributed by atoms with van der Waals surface area (Å²) in [6.07, 6.45) is 0.366. The molecule has 1 saturated heterocycles. The molecule has 2 N–H and O–H groups in total. The maximum absolute atomic E-state index is 12.1. The van der Waals surface area contributed by atoms with Crippen molar-refractivity contribution in [2.75, 3.05) is 20.2 Å². The van der Waals surface area contributed by atoms with Gasteiger partial charge in [0, 0.05) is 13.1 Å². The minimum Gasteiger partial charge on any atom is -0.480 e. The van der Waals surface area contributed by atoms with Gasteiger partial charge in [0.15, 0.2) is 0 Å². The molecule has 21 heavy (non-hydrogen) atoms. The van der Waals surface area contributed by atoms with Crippen LogP contribution in [-0.2, 0) is 14.3 Å². The van der Waals surface area contributed by atoms with Crippen molar-refractivity contribution in [2.24, 2.45) is 17.8 Å². The van der Waals surface area contributed by atoms with Crippen LogP contribution in [-0.4, -0.2) is 54.2 Å². The highest BCUT2D eigenvalue weighted by molar-refractivity contribution is 5.83. The Bertz CT molecular complexity index is 410. The summed E-state index contributed by atoms with van der Waals surface area (Å²) in [7, 11) is 1.32. The van der Waals surface area contributed by atoms with Crippen molar-refractivity contribution in [2.45, 2.75) is 33.2 Å². The van der Waals surface area contributed by atoms with E-state index in [1.807, 2.05) is 20.8 Å². The van der Waals surface area contributed by atoms with Crippen LogP contribution in [0.2, 0.25) is 0 Å². The van der Waals surface area contributed by atoms with E-state index in [0.29, 0.717) is 13.0 Å². The zero-order valence-corrected chi connectivity index (χ0v) is 13.0. The van der Waals surface area contributed by atoms with Gasteiger partial charge in [-0.25, -0.2) is 9.59 Å². The Balaban J connectivity index is 2.63. The number of hydrogen-bond donors (Lipinski definition) is 2. The molecular formula is C14H24N2O5. The van der Waals surface area contributed by atoms with Crippen LogP contribution in [0.5, 0.6) is 0 Å². The van der Waals surface area contributed by atoms with E-state index in [4.69, 9.17) is 9.84 Å². The monoisotopic (exact) mass is 300 g/mol. The van der Waals surface area contributed by atoms with E-state index in [2.05, 4.69) is 5.32 Å². The highest BCUT2D eigenvalue weighted by atomic mass is 16.5. The van der Waals surface area contributed by atoms with Crippen molar-refractivity contribution in [1.82, 2.24) is 10.2 Å². The normalized spacial score (nSPS) is 23.0. The summed E-state index contributed by atoms with van der Waals surface area (Å²) in [6, 6.07) is -1.36. The maximum atomic E-state index is 12.1. The Morgan fingerprint density at radius 2 is 1.95 bits per heavy atom. The first-order valence-electron chi connectivity index (χ1n) is 7.12. The molecule has 1 fully saturated rings. The van der Waals surface area contributed by atoms with Gasteiger partial charge in [0.2, 0.25) is 0 Å². The van der Waals surface area contributed by atoms with Gasteiger partial charge in [-0.1, -0.05) is 20.8 Å². The zero-order valence-electron chi connectivity index (χ0n) is 13.0. The number of ether oxygens (including phenoxy) is 1. The second-order valence-electron chi connectivity index (χ2n) is 5.98. The van der Waals surface area contributed by atoms with Crippen LogP contribution < -0.4 is 5.32 Å². The first kappa shape index (κ1) is 17.3. The fourth-order valence-corrected chi connectivity index (χ4v) is 2.52. The summed E-state index contributed by atoms with van der Waals surface area (Å²) in [6.45, 7) is 6.34. The highest BCUT2D eigenvalue weighted by Crippen LogP contribution is 2.24. The van der Waals surface area contributed by atoms with Crippen LogP contribution in [0.15, 0.2) is 0 Å².